The first-order valence-electron chi connectivity index (χ1n) is 21.0. The van der Waals surface area contributed by atoms with Crippen LogP contribution in [0.4, 0.5) is 17.1 Å². The lowest BCUT2D eigenvalue weighted by atomic mass is 9.67. The van der Waals surface area contributed by atoms with Gasteiger partial charge in [0.2, 0.25) is 0 Å². The molecule has 0 heterocycles. The number of rotatable bonds is 8. The Bertz CT molecular complexity index is 2910. The van der Waals surface area contributed by atoms with Crippen molar-refractivity contribution in [2.75, 3.05) is 4.90 Å². The Kier molecular flexibility index (Phi) is 7.87. The van der Waals surface area contributed by atoms with Gasteiger partial charge < -0.3 is 4.90 Å². The second-order valence-electron chi connectivity index (χ2n) is 14.7. The number of benzene rings is 9. The van der Waals surface area contributed by atoms with Crippen LogP contribution < -0.4 is 4.90 Å². The van der Waals surface area contributed by atoms with E-state index in [1.54, 1.807) is 12.1 Å². The fourth-order valence-electron chi connectivity index (χ4n) is 8.77. The van der Waals surface area contributed by atoms with Crippen LogP contribution in [0.3, 0.4) is 0 Å². The molecule has 1 atom stereocenters. The van der Waals surface area contributed by atoms with E-state index in [0.717, 1.165) is 56.0 Å². The van der Waals surface area contributed by atoms with Gasteiger partial charge in [0.1, 0.15) is 0 Å². The summed E-state index contributed by atoms with van der Waals surface area (Å²) in [7, 11) is 0. The van der Waals surface area contributed by atoms with Crippen LogP contribution in [0.25, 0.3) is 44.5 Å². The monoisotopic (exact) mass is 730 g/mol. The van der Waals surface area contributed by atoms with Crippen LogP contribution in [0.15, 0.2) is 231 Å². The maximum Gasteiger partial charge on any atom is 0.0714 e. The minimum atomic E-state index is -2.20. The van der Waals surface area contributed by atoms with Gasteiger partial charge in [-0.25, -0.2) is 0 Å². The normalized spacial score (nSPS) is 15.1. The summed E-state index contributed by atoms with van der Waals surface area (Å²) in [6.07, 6.45) is 0. The Hall–Kier alpha value is -7.22. The lowest BCUT2D eigenvalue weighted by Crippen LogP contribution is -2.28. The molecule has 0 saturated heterocycles. The molecule has 1 nitrogen and oxygen atoms in total. The van der Waals surface area contributed by atoms with Crippen molar-refractivity contribution in [1.82, 2.24) is 0 Å². The minimum Gasteiger partial charge on any atom is -0.310 e. The van der Waals surface area contributed by atoms with Gasteiger partial charge in [-0.15, -0.1) is 0 Å². The first-order chi connectivity index (χ1) is 29.4. The molecule has 1 aliphatic carbocycles. The Morgan fingerprint density at radius 2 is 0.737 bits per heavy atom. The van der Waals surface area contributed by atoms with Gasteiger partial charge in [-0.05, 0) is 110 Å². The van der Waals surface area contributed by atoms with Crippen molar-refractivity contribution in [3.63, 3.8) is 0 Å². The molecule has 0 bridgehead atoms. The highest BCUT2D eigenvalue weighted by molar-refractivity contribution is 5.90. The topological polar surface area (TPSA) is 3.24 Å². The largest absolute Gasteiger partial charge is 0.310 e. The highest BCUT2D eigenvalue weighted by Crippen LogP contribution is 2.57. The van der Waals surface area contributed by atoms with Crippen LogP contribution in [0.2, 0.25) is 0 Å². The third-order valence-electron chi connectivity index (χ3n) is 11.5. The van der Waals surface area contributed by atoms with Gasteiger partial charge in [0.15, 0.2) is 0 Å². The summed E-state index contributed by atoms with van der Waals surface area (Å²) in [5, 5.41) is 0. The average molecular weight is 731 g/mol. The molecular formula is C56H41N. The van der Waals surface area contributed by atoms with Crippen LogP contribution in [-0.2, 0) is 5.41 Å². The molecule has 0 spiro atoms. The summed E-state index contributed by atoms with van der Waals surface area (Å²) in [4.78, 5) is 2.34. The molecule has 0 saturated carbocycles. The summed E-state index contributed by atoms with van der Waals surface area (Å²) in [5.41, 5.74) is 16.5. The van der Waals surface area contributed by atoms with Crippen molar-refractivity contribution in [2.45, 2.75) is 12.3 Å². The highest BCUT2D eigenvalue weighted by Gasteiger charge is 2.46. The quantitative estimate of drug-likeness (QED) is 0.150. The zero-order chi connectivity index (χ0) is 40.7. The lowest BCUT2D eigenvalue weighted by Gasteiger charge is -2.35. The second-order valence-corrected chi connectivity index (χ2v) is 14.7. The molecule has 10 rings (SSSR count). The molecule has 57 heavy (non-hydrogen) atoms. The molecule has 0 aliphatic heterocycles. The zero-order valence-corrected chi connectivity index (χ0v) is 31.4. The Labute approximate surface area is 340 Å². The molecule has 0 radical (unpaired) electrons. The summed E-state index contributed by atoms with van der Waals surface area (Å²) >= 11 is 0. The van der Waals surface area contributed by atoms with Crippen molar-refractivity contribution < 1.29 is 4.11 Å². The molecule has 9 aromatic carbocycles. The van der Waals surface area contributed by atoms with Crippen LogP contribution in [-0.4, -0.2) is 0 Å². The first kappa shape index (κ1) is 31.0. The van der Waals surface area contributed by atoms with E-state index >= 15 is 0 Å². The van der Waals surface area contributed by atoms with E-state index < -0.39 is 12.3 Å². The smallest absolute Gasteiger partial charge is 0.0714 e. The van der Waals surface area contributed by atoms with Gasteiger partial charge in [-0.2, -0.15) is 0 Å². The standard InChI is InChI=1S/C56H41N/c1-40-21-31-48(32-22-40)56(47-17-9-4-10-18-47)54-20-12-11-19-52(54)53-38-37-51(39-55(53)56)57(49-33-27-45(28-34-49)42-15-7-3-8-16-42)50-35-29-46(30-36-50)44-25-23-43(24-26-44)41-13-5-2-6-14-41/h2-39H,1H3/i1D3. The molecule has 0 amide bonds. The molecule has 0 aromatic heterocycles. The number of fused-ring (bicyclic) bond motifs is 3. The van der Waals surface area contributed by atoms with Gasteiger partial charge in [-0.1, -0.05) is 200 Å². The molecule has 270 valence electrons. The van der Waals surface area contributed by atoms with Gasteiger partial charge in [0.05, 0.1) is 5.41 Å². The minimum absolute atomic E-state index is 0.329. The average Bonchev–Trinajstić information content (AvgIpc) is 3.61. The van der Waals surface area contributed by atoms with E-state index in [1.165, 1.54) is 27.8 Å². The van der Waals surface area contributed by atoms with Gasteiger partial charge in [0, 0.05) is 21.2 Å². The number of hydrogen-bond acceptors (Lipinski definition) is 1. The Balaban J connectivity index is 1.13. The summed E-state index contributed by atoms with van der Waals surface area (Å²) in [6, 6.07) is 81.1. The highest BCUT2D eigenvalue weighted by atomic mass is 15.1. The first-order valence-corrected chi connectivity index (χ1v) is 19.5. The second kappa shape index (κ2) is 14.5. The molecule has 1 unspecified atom stereocenters. The Morgan fingerprint density at radius 3 is 1.26 bits per heavy atom. The van der Waals surface area contributed by atoms with Crippen molar-refractivity contribution >= 4 is 17.1 Å². The molecule has 0 N–H and O–H groups in total. The molecule has 0 fully saturated rings. The van der Waals surface area contributed by atoms with Gasteiger partial charge in [0.25, 0.3) is 0 Å². The van der Waals surface area contributed by atoms with Gasteiger partial charge in [-0.3, -0.25) is 0 Å². The van der Waals surface area contributed by atoms with E-state index in [-0.39, 0.29) is 0 Å². The maximum absolute atomic E-state index is 8.13. The summed E-state index contributed by atoms with van der Waals surface area (Å²) < 4.78 is 24.4. The molecule has 1 aliphatic rings. The fourth-order valence-corrected chi connectivity index (χ4v) is 8.77. The van der Waals surface area contributed by atoms with Crippen molar-refractivity contribution in [3.8, 4) is 44.5 Å². The van der Waals surface area contributed by atoms with E-state index in [1.807, 2.05) is 24.3 Å². The van der Waals surface area contributed by atoms with Crippen LogP contribution in [0, 0.1) is 6.85 Å². The molecular weight excluding hydrogens is 687 g/mol. The maximum atomic E-state index is 8.13. The predicted molar refractivity (Wildman–Crippen MR) is 239 cm³/mol. The molecule has 9 aromatic rings. The zero-order valence-electron chi connectivity index (χ0n) is 34.4. The third-order valence-corrected chi connectivity index (χ3v) is 11.5. The SMILES string of the molecule is [2H]C([2H])([2H])c1ccc(C2(c3ccccc3)c3ccccc3-c3ccc(N(c4ccc(-c5ccccc5)cc4)c4ccc(-c5ccc(-c6ccccc6)cc5)cc4)cc32)cc1. The van der Waals surface area contributed by atoms with Crippen molar-refractivity contribution in [2.24, 2.45) is 0 Å². The number of nitrogens with zero attached hydrogens (tertiary/aromatic N) is 1. The third kappa shape index (κ3) is 6.05. The lowest BCUT2D eigenvalue weighted by molar-refractivity contribution is 0.768. The summed E-state index contributed by atoms with van der Waals surface area (Å²) in [5.74, 6) is 0. The van der Waals surface area contributed by atoms with Crippen molar-refractivity contribution in [1.29, 1.82) is 0 Å². The number of hydrogen-bond donors (Lipinski definition) is 0. The molecule has 1 heteroatoms. The van der Waals surface area contributed by atoms with E-state index in [0.29, 0.717) is 5.56 Å². The van der Waals surface area contributed by atoms with E-state index in [9.17, 15) is 0 Å². The van der Waals surface area contributed by atoms with E-state index in [4.69, 9.17) is 4.11 Å². The summed E-state index contributed by atoms with van der Waals surface area (Å²) in [6.45, 7) is -2.20. The Morgan fingerprint density at radius 1 is 0.333 bits per heavy atom. The van der Waals surface area contributed by atoms with Crippen LogP contribution in [0.1, 0.15) is 31.9 Å². The fraction of sp³-hybridized carbons (Fsp3) is 0.0357. The number of anilines is 3. The predicted octanol–water partition coefficient (Wildman–Crippen LogP) is 14.8. The van der Waals surface area contributed by atoms with Gasteiger partial charge >= 0.3 is 0 Å². The number of aryl methyl sites for hydroxylation is 1. The van der Waals surface area contributed by atoms with Crippen LogP contribution >= 0.6 is 0 Å². The van der Waals surface area contributed by atoms with Crippen LogP contribution in [0.5, 0.6) is 0 Å². The van der Waals surface area contributed by atoms with E-state index in [2.05, 4.69) is 199 Å². The van der Waals surface area contributed by atoms with Crippen molar-refractivity contribution in [3.05, 3.63) is 258 Å².